The van der Waals surface area contributed by atoms with E-state index in [9.17, 15) is 9.59 Å². The summed E-state index contributed by atoms with van der Waals surface area (Å²) in [6.07, 6.45) is 1.19. The molecule has 0 bridgehead atoms. The van der Waals surface area contributed by atoms with Gasteiger partial charge in [-0.1, -0.05) is 46.4 Å². The van der Waals surface area contributed by atoms with E-state index >= 15 is 0 Å². The monoisotopic (exact) mass is 363 g/mol. The number of hydrogen-bond acceptors (Lipinski definition) is 4. The summed E-state index contributed by atoms with van der Waals surface area (Å²) in [6, 6.07) is 1.63. The van der Waals surface area contributed by atoms with Crippen molar-refractivity contribution in [1.29, 1.82) is 0 Å². The third-order valence-corrected chi connectivity index (χ3v) is 6.23. The van der Waals surface area contributed by atoms with Gasteiger partial charge in [-0.3, -0.25) is 14.2 Å². The minimum absolute atomic E-state index is 0.0414. The maximum absolute atomic E-state index is 13.0. The van der Waals surface area contributed by atoms with Crippen molar-refractivity contribution < 1.29 is 4.79 Å². The number of likely N-dealkylation sites (tertiary alicyclic amines) is 1. The average Bonchev–Trinajstić information content (AvgIpc) is 2.52. The second-order valence-electron chi connectivity index (χ2n) is 8.82. The predicted octanol–water partition coefficient (Wildman–Crippen LogP) is 2.77. The summed E-state index contributed by atoms with van der Waals surface area (Å²) in [4.78, 5) is 32.2. The van der Waals surface area contributed by atoms with Crippen LogP contribution in [-0.2, 0) is 16.8 Å². The summed E-state index contributed by atoms with van der Waals surface area (Å²) in [5.74, 6) is 1.88. The van der Waals surface area contributed by atoms with E-state index < -0.39 is 0 Å². The summed E-state index contributed by atoms with van der Waals surface area (Å²) in [7, 11) is 0. The summed E-state index contributed by atoms with van der Waals surface area (Å²) >= 11 is 1.54. The van der Waals surface area contributed by atoms with Crippen LogP contribution in [0.15, 0.2) is 16.0 Å². The van der Waals surface area contributed by atoms with Crippen LogP contribution in [0.5, 0.6) is 0 Å². The van der Waals surface area contributed by atoms with Crippen LogP contribution in [0.4, 0.5) is 0 Å². The second kappa shape index (κ2) is 6.78. The van der Waals surface area contributed by atoms with Crippen molar-refractivity contribution in [2.24, 2.45) is 17.8 Å². The molecule has 2 aliphatic heterocycles. The maximum atomic E-state index is 13.0. The predicted molar refractivity (Wildman–Crippen MR) is 101 cm³/mol. The molecule has 3 unspecified atom stereocenters. The molecule has 25 heavy (non-hydrogen) atoms. The Morgan fingerprint density at radius 3 is 2.44 bits per heavy atom. The summed E-state index contributed by atoms with van der Waals surface area (Å²) < 4.78 is 1.68. The zero-order valence-electron chi connectivity index (χ0n) is 15.9. The Balaban J connectivity index is 1.79. The Kier molecular flexibility index (Phi) is 5.02. The highest BCUT2D eigenvalue weighted by molar-refractivity contribution is 7.99. The Labute approximate surface area is 154 Å². The molecule has 3 atom stereocenters. The highest BCUT2D eigenvalue weighted by atomic mass is 32.2. The van der Waals surface area contributed by atoms with Crippen LogP contribution in [0.2, 0.25) is 0 Å². The fourth-order valence-electron chi connectivity index (χ4n) is 3.85. The number of fused-ring (bicyclic) bond motifs is 1. The molecule has 0 aliphatic carbocycles. The number of aromatic nitrogens is 2. The van der Waals surface area contributed by atoms with Crippen molar-refractivity contribution in [1.82, 2.24) is 14.5 Å². The zero-order chi connectivity index (χ0) is 18.4. The molecule has 0 spiro atoms. The van der Waals surface area contributed by atoms with Gasteiger partial charge in [-0.05, 0) is 18.3 Å². The lowest BCUT2D eigenvalue weighted by molar-refractivity contribution is -0.138. The third-order valence-electron chi connectivity index (χ3n) is 5.09. The first kappa shape index (κ1) is 18.5. The van der Waals surface area contributed by atoms with Crippen LogP contribution in [0.25, 0.3) is 0 Å². The molecule has 1 aromatic rings. The number of rotatable bonds is 1. The number of carbonyl (C=O) groups excluding carboxylic acids is 1. The molecule has 1 amide bonds. The molecular weight excluding hydrogens is 334 g/mol. The van der Waals surface area contributed by atoms with Crippen molar-refractivity contribution in [3.63, 3.8) is 0 Å². The van der Waals surface area contributed by atoms with E-state index in [0.717, 1.165) is 23.9 Å². The van der Waals surface area contributed by atoms with Crippen LogP contribution in [0.3, 0.4) is 0 Å². The molecule has 138 valence electrons. The minimum Gasteiger partial charge on any atom is -0.342 e. The Hall–Kier alpha value is -1.30. The molecule has 2 aliphatic rings. The average molecular weight is 364 g/mol. The van der Waals surface area contributed by atoms with E-state index in [1.54, 1.807) is 10.6 Å². The van der Waals surface area contributed by atoms with E-state index in [0.29, 0.717) is 24.1 Å². The first-order valence-corrected chi connectivity index (χ1v) is 10.2. The molecule has 1 fully saturated rings. The quantitative estimate of drug-likeness (QED) is 0.720. The van der Waals surface area contributed by atoms with Crippen LogP contribution < -0.4 is 5.56 Å². The van der Waals surface area contributed by atoms with Crippen molar-refractivity contribution in [3.05, 3.63) is 22.1 Å². The number of amides is 1. The van der Waals surface area contributed by atoms with Gasteiger partial charge in [0.15, 0.2) is 5.16 Å². The van der Waals surface area contributed by atoms with E-state index in [1.807, 2.05) is 4.90 Å². The number of carbonyl (C=O) groups is 1. The van der Waals surface area contributed by atoms with Gasteiger partial charge in [-0.15, -0.1) is 0 Å². The zero-order valence-corrected chi connectivity index (χ0v) is 16.7. The van der Waals surface area contributed by atoms with Crippen LogP contribution in [0, 0.1) is 17.8 Å². The van der Waals surface area contributed by atoms with Crippen LogP contribution in [0.1, 0.15) is 46.7 Å². The lowest BCUT2D eigenvalue weighted by Crippen LogP contribution is -2.48. The van der Waals surface area contributed by atoms with Gasteiger partial charge in [0.05, 0.1) is 11.6 Å². The van der Waals surface area contributed by atoms with Gasteiger partial charge >= 0.3 is 0 Å². The molecule has 0 saturated carbocycles. The van der Waals surface area contributed by atoms with Gasteiger partial charge in [0.2, 0.25) is 5.91 Å². The number of thioether (sulfide) groups is 1. The van der Waals surface area contributed by atoms with E-state index in [4.69, 9.17) is 0 Å². The lowest BCUT2D eigenvalue weighted by Gasteiger charge is -2.38. The van der Waals surface area contributed by atoms with Gasteiger partial charge in [0, 0.05) is 36.9 Å². The fourth-order valence-corrected chi connectivity index (χ4v) is 4.93. The SMILES string of the molecule is CC1CC(C)CN(C(=O)C2CSc3nc(C(C)(C)C)cc(=O)n3C2)C1. The minimum atomic E-state index is -0.151. The van der Waals surface area contributed by atoms with E-state index in [2.05, 4.69) is 39.6 Å². The van der Waals surface area contributed by atoms with Crippen LogP contribution >= 0.6 is 11.8 Å². The molecule has 5 nitrogen and oxygen atoms in total. The van der Waals surface area contributed by atoms with E-state index in [1.165, 1.54) is 18.2 Å². The lowest BCUT2D eigenvalue weighted by atomic mass is 9.91. The highest BCUT2D eigenvalue weighted by Gasteiger charge is 2.33. The number of nitrogens with zero attached hydrogens (tertiary/aromatic N) is 3. The molecular formula is C19H29N3O2S. The Morgan fingerprint density at radius 2 is 1.84 bits per heavy atom. The van der Waals surface area contributed by atoms with Gasteiger partial charge in [0.25, 0.3) is 5.56 Å². The molecule has 1 saturated heterocycles. The summed E-state index contributed by atoms with van der Waals surface area (Å²) in [5.41, 5.74) is 0.627. The fraction of sp³-hybridized carbons (Fsp3) is 0.737. The standard InChI is InChI=1S/C19H29N3O2S/c1-12-6-13(2)9-21(8-12)17(24)14-10-22-16(23)7-15(19(3,4)5)20-18(22)25-11-14/h7,12-14H,6,8-11H2,1-5H3. The second-order valence-corrected chi connectivity index (χ2v) is 9.81. The van der Waals surface area contributed by atoms with Gasteiger partial charge in [-0.25, -0.2) is 4.98 Å². The molecule has 1 aromatic heterocycles. The largest absolute Gasteiger partial charge is 0.342 e. The van der Waals surface area contributed by atoms with Gasteiger partial charge in [0.1, 0.15) is 0 Å². The van der Waals surface area contributed by atoms with E-state index in [-0.39, 0.29) is 22.8 Å². The first-order valence-electron chi connectivity index (χ1n) is 9.19. The topological polar surface area (TPSA) is 55.2 Å². The molecule has 0 radical (unpaired) electrons. The molecule has 0 aromatic carbocycles. The molecule has 0 N–H and O–H groups in total. The Morgan fingerprint density at radius 1 is 1.20 bits per heavy atom. The number of piperidine rings is 1. The molecule has 6 heteroatoms. The smallest absolute Gasteiger partial charge is 0.254 e. The van der Waals surface area contributed by atoms with Crippen molar-refractivity contribution in [3.8, 4) is 0 Å². The third kappa shape index (κ3) is 3.94. The van der Waals surface area contributed by atoms with Crippen molar-refractivity contribution >= 4 is 17.7 Å². The first-order chi connectivity index (χ1) is 11.6. The van der Waals surface area contributed by atoms with Crippen molar-refractivity contribution in [2.75, 3.05) is 18.8 Å². The normalized spacial score (nSPS) is 27.1. The maximum Gasteiger partial charge on any atom is 0.254 e. The van der Waals surface area contributed by atoms with Crippen LogP contribution in [-0.4, -0.2) is 39.2 Å². The highest BCUT2D eigenvalue weighted by Crippen LogP contribution is 2.30. The summed E-state index contributed by atoms with van der Waals surface area (Å²) in [6.45, 7) is 12.7. The van der Waals surface area contributed by atoms with Gasteiger partial charge in [-0.2, -0.15) is 0 Å². The van der Waals surface area contributed by atoms with Gasteiger partial charge < -0.3 is 4.90 Å². The molecule has 3 rings (SSSR count). The van der Waals surface area contributed by atoms with Crippen molar-refractivity contribution in [2.45, 2.75) is 58.2 Å². The Bertz CT molecular complexity index is 712. The molecule has 3 heterocycles. The summed E-state index contributed by atoms with van der Waals surface area (Å²) in [5, 5.41) is 0.752. The number of hydrogen-bond donors (Lipinski definition) is 0.